The van der Waals surface area contributed by atoms with Crippen molar-refractivity contribution in [2.24, 2.45) is 0 Å². The Labute approximate surface area is 146 Å². The first kappa shape index (κ1) is 18.3. The summed E-state index contributed by atoms with van der Waals surface area (Å²) in [6, 6.07) is 9.72. The molecule has 0 bridgehead atoms. The molecule has 24 heavy (non-hydrogen) atoms. The third-order valence-electron chi connectivity index (χ3n) is 4.40. The van der Waals surface area contributed by atoms with Gasteiger partial charge < -0.3 is 16.0 Å². The van der Waals surface area contributed by atoms with Gasteiger partial charge in [-0.3, -0.25) is 0 Å². The van der Waals surface area contributed by atoms with E-state index >= 15 is 0 Å². The lowest BCUT2D eigenvalue weighted by molar-refractivity contribution is 0.363. The Morgan fingerprint density at radius 2 is 1.71 bits per heavy atom. The fourth-order valence-electron chi connectivity index (χ4n) is 3.14. The van der Waals surface area contributed by atoms with E-state index in [9.17, 15) is 0 Å². The Morgan fingerprint density at radius 3 is 2.42 bits per heavy atom. The first-order chi connectivity index (χ1) is 11.8. The fourth-order valence-corrected chi connectivity index (χ4v) is 3.14. The maximum absolute atomic E-state index is 3.72. The highest BCUT2D eigenvalue weighted by Gasteiger charge is 2.20. The molecule has 0 heterocycles. The number of hydrogen-bond acceptors (Lipinski definition) is 3. The molecule has 1 aromatic rings. The first-order valence-corrected chi connectivity index (χ1v) is 9.10. The lowest BCUT2D eigenvalue weighted by Gasteiger charge is -2.30. The van der Waals surface area contributed by atoms with Crippen molar-refractivity contribution in [2.45, 2.75) is 44.7 Å². The van der Waals surface area contributed by atoms with Crippen LogP contribution in [-0.2, 0) is 0 Å². The normalized spacial score (nSPS) is 21.2. The molecule has 0 aromatic heterocycles. The number of nitrogens with one attached hydrogen (secondary N) is 3. The maximum Gasteiger partial charge on any atom is 0.0578 e. The van der Waals surface area contributed by atoms with E-state index in [-0.39, 0.29) is 0 Å². The third kappa shape index (κ3) is 6.25. The van der Waals surface area contributed by atoms with Gasteiger partial charge in [0.15, 0.2) is 0 Å². The molecule has 1 saturated carbocycles. The standard InChI is InChI=1S/C21H31N3/c1-3-5-6-7-10-17-23-18-13-15-19(16-14-18)24-21-12-9-8-11-20(21)22-4-2/h3,5-12,18-19,22-24H,1,4,13-17H2,2H3/b6-5-,10-7+/t18-,19-. The molecule has 0 unspecified atom stereocenters. The van der Waals surface area contributed by atoms with Gasteiger partial charge in [-0.25, -0.2) is 0 Å². The van der Waals surface area contributed by atoms with Crippen molar-refractivity contribution in [3.8, 4) is 0 Å². The topological polar surface area (TPSA) is 36.1 Å². The van der Waals surface area contributed by atoms with Crippen LogP contribution in [0.2, 0.25) is 0 Å². The minimum Gasteiger partial charge on any atom is -0.384 e. The van der Waals surface area contributed by atoms with E-state index in [4.69, 9.17) is 0 Å². The van der Waals surface area contributed by atoms with Gasteiger partial charge in [-0.2, -0.15) is 0 Å². The second-order valence-corrected chi connectivity index (χ2v) is 6.23. The van der Waals surface area contributed by atoms with E-state index in [2.05, 4.69) is 65.9 Å². The van der Waals surface area contributed by atoms with Crippen LogP contribution in [0.1, 0.15) is 32.6 Å². The van der Waals surface area contributed by atoms with Crippen molar-refractivity contribution >= 4 is 11.4 Å². The number of rotatable bonds is 9. The molecular weight excluding hydrogens is 294 g/mol. The van der Waals surface area contributed by atoms with E-state index in [0.717, 1.165) is 13.1 Å². The minimum atomic E-state index is 0.578. The number of hydrogen-bond donors (Lipinski definition) is 3. The third-order valence-corrected chi connectivity index (χ3v) is 4.40. The van der Waals surface area contributed by atoms with E-state index in [0.29, 0.717) is 12.1 Å². The van der Waals surface area contributed by atoms with Gasteiger partial charge in [0.2, 0.25) is 0 Å². The molecule has 2 rings (SSSR count). The molecule has 3 N–H and O–H groups in total. The second-order valence-electron chi connectivity index (χ2n) is 6.23. The molecule has 1 aliphatic rings. The van der Waals surface area contributed by atoms with Gasteiger partial charge in [-0.1, -0.05) is 49.1 Å². The number of anilines is 2. The molecule has 1 aliphatic carbocycles. The van der Waals surface area contributed by atoms with Crippen molar-refractivity contribution < 1.29 is 0 Å². The predicted molar refractivity (Wildman–Crippen MR) is 107 cm³/mol. The van der Waals surface area contributed by atoms with E-state index in [1.165, 1.54) is 37.1 Å². The Kier molecular flexibility index (Phi) is 8.19. The van der Waals surface area contributed by atoms with Crippen molar-refractivity contribution in [3.63, 3.8) is 0 Å². The summed E-state index contributed by atoms with van der Waals surface area (Å²) in [4.78, 5) is 0. The zero-order valence-electron chi connectivity index (χ0n) is 14.8. The first-order valence-electron chi connectivity index (χ1n) is 9.10. The summed E-state index contributed by atoms with van der Waals surface area (Å²) in [6.45, 7) is 7.68. The van der Waals surface area contributed by atoms with Crippen LogP contribution in [0.5, 0.6) is 0 Å². The molecule has 1 aromatic carbocycles. The van der Waals surface area contributed by atoms with Gasteiger partial charge in [-0.15, -0.1) is 0 Å². The average molecular weight is 326 g/mol. The molecule has 1 fully saturated rings. The highest BCUT2D eigenvalue weighted by atomic mass is 15.0. The van der Waals surface area contributed by atoms with Crippen molar-refractivity contribution in [2.75, 3.05) is 23.7 Å². The summed E-state index contributed by atoms with van der Waals surface area (Å²) in [5.41, 5.74) is 2.44. The van der Waals surface area contributed by atoms with Crippen LogP contribution in [0.15, 0.2) is 61.2 Å². The van der Waals surface area contributed by atoms with Gasteiger partial charge in [0.05, 0.1) is 11.4 Å². The molecule has 0 atom stereocenters. The van der Waals surface area contributed by atoms with Crippen LogP contribution in [0.25, 0.3) is 0 Å². The lowest BCUT2D eigenvalue weighted by atomic mass is 9.91. The molecule has 3 heteroatoms. The Morgan fingerprint density at radius 1 is 1.00 bits per heavy atom. The highest BCUT2D eigenvalue weighted by Crippen LogP contribution is 2.26. The smallest absolute Gasteiger partial charge is 0.0578 e. The molecule has 0 aliphatic heterocycles. The molecule has 3 nitrogen and oxygen atoms in total. The SMILES string of the molecule is C=C/C=C\C=C\CN[C@H]1CC[C@H](Nc2ccccc2NCC)CC1. The highest BCUT2D eigenvalue weighted by molar-refractivity contribution is 5.68. The van der Waals surface area contributed by atoms with Crippen LogP contribution >= 0.6 is 0 Å². The zero-order valence-corrected chi connectivity index (χ0v) is 14.8. The lowest BCUT2D eigenvalue weighted by Crippen LogP contribution is -2.37. The number of allylic oxidation sites excluding steroid dienone is 4. The predicted octanol–water partition coefficient (Wildman–Crippen LogP) is 4.73. The van der Waals surface area contributed by atoms with Crippen molar-refractivity contribution in [1.82, 2.24) is 5.32 Å². The van der Waals surface area contributed by atoms with Gasteiger partial charge >= 0.3 is 0 Å². The van der Waals surface area contributed by atoms with Crippen molar-refractivity contribution in [3.05, 3.63) is 61.2 Å². The van der Waals surface area contributed by atoms with Gasteiger partial charge in [0.25, 0.3) is 0 Å². The van der Waals surface area contributed by atoms with E-state index in [1.807, 2.05) is 12.2 Å². The summed E-state index contributed by atoms with van der Waals surface area (Å²) >= 11 is 0. The summed E-state index contributed by atoms with van der Waals surface area (Å²) in [7, 11) is 0. The second kappa shape index (κ2) is 10.7. The van der Waals surface area contributed by atoms with Crippen molar-refractivity contribution in [1.29, 1.82) is 0 Å². The largest absolute Gasteiger partial charge is 0.384 e. The summed E-state index contributed by atoms with van der Waals surface area (Å²) in [6.07, 6.45) is 14.9. The zero-order chi connectivity index (χ0) is 17.0. The molecule has 0 saturated heterocycles. The summed E-state index contributed by atoms with van der Waals surface area (Å²) in [5, 5.41) is 10.8. The van der Waals surface area contributed by atoms with Crippen LogP contribution in [0.4, 0.5) is 11.4 Å². The van der Waals surface area contributed by atoms with Crippen LogP contribution in [0, 0.1) is 0 Å². The van der Waals surface area contributed by atoms with E-state index < -0.39 is 0 Å². The molecule has 0 amide bonds. The minimum absolute atomic E-state index is 0.578. The van der Waals surface area contributed by atoms with Gasteiger partial charge in [-0.05, 0) is 44.7 Å². The fraction of sp³-hybridized carbons (Fsp3) is 0.429. The molecular formula is C21H31N3. The van der Waals surface area contributed by atoms with E-state index in [1.54, 1.807) is 6.08 Å². The Balaban J connectivity index is 1.72. The molecule has 130 valence electrons. The van der Waals surface area contributed by atoms with Crippen LogP contribution in [0.3, 0.4) is 0 Å². The van der Waals surface area contributed by atoms with Crippen LogP contribution < -0.4 is 16.0 Å². The Hall–Kier alpha value is -2.00. The van der Waals surface area contributed by atoms with Crippen LogP contribution in [-0.4, -0.2) is 25.2 Å². The molecule has 0 spiro atoms. The summed E-state index contributed by atoms with van der Waals surface area (Å²) < 4.78 is 0. The number of para-hydroxylation sites is 2. The quantitative estimate of drug-likeness (QED) is 0.574. The monoisotopic (exact) mass is 325 g/mol. The number of benzene rings is 1. The van der Waals surface area contributed by atoms with Gasteiger partial charge in [0, 0.05) is 25.2 Å². The average Bonchev–Trinajstić information content (AvgIpc) is 2.61. The molecule has 0 radical (unpaired) electrons. The summed E-state index contributed by atoms with van der Waals surface area (Å²) in [5.74, 6) is 0. The Bertz CT molecular complexity index is 540. The van der Waals surface area contributed by atoms with Gasteiger partial charge in [0.1, 0.15) is 0 Å². The maximum atomic E-state index is 3.72.